The minimum Gasteiger partial charge on any atom is -0.364 e. The van der Waals surface area contributed by atoms with Crippen LogP contribution in [0.3, 0.4) is 0 Å². The summed E-state index contributed by atoms with van der Waals surface area (Å²) < 4.78 is 28.5. The number of hydrogen-bond acceptors (Lipinski definition) is 7. The van der Waals surface area contributed by atoms with Crippen molar-refractivity contribution in [1.82, 2.24) is 19.1 Å². The number of carbonyl (C=O) groups excluding carboxylic acids is 2. The summed E-state index contributed by atoms with van der Waals surface area (Å²) >= 11 is 1.37. The highest BCUT2D eigenvalue weighted by molar-refractivity contribution is 7.89. The number of nitrogens with zero attached hydrogens (tertiary/aromatic N) is 4. The Morgan fingerprint density at radius 1 is 1.30 bits per heavy atom. The van der Waals surface area contributed by atoms with Crippen molar-refractivity contribution in [2.45, 2.75) is 43.9 Å². The normalized spacial score (nSPS) is 15.9. The molecular formula is C18H26N6O4S2. The Labute approximate surface area is 179 Å². The van der Waals surface area contributed by atoms with E-state index >= 15 is 0 Å². The Morgan fingerprint density at radius 3 is 2.60 bits per heavy atom. The maximum Gasteiger partial charge on any atom is 0.265 e. The Hall–Kier alpha value is -2.31. The topological polar surface area (TPSA) is 140 Å². The minimum atomic E-state index is -3.76. The van der Waals surface area contributed by atoms with Crippen molar-refractivity contribution in [1.29, 1.82) is 0 Å². The van der Waals surface area contributed by atoms with Gasteiger partial charge in [-0.05, 0) is 25.3 Å². The Balaban J connectivity index is 1.58. The van der Waals surface area contributed by atoms with Gasteiger partial charge in [0, 0.05) is 38.7 Å². The Morgan fingerprint density at radius 2 is 2.00 bits per heavy atom. The van der Waals surface area contributed by atoms with Crippen molar-refractivity contribution < 1.29 is 18.0 Å². The standard InChI is InChI=1S/C18H26N6O4S2/c1-3-4-5-15-21-22-18(29-15)20-17(26)12-6-8-24(9-7-12)30(27,28)13-10-14(16(19)25)23(2)11-13/h10-12H,3-9H2,1-2H3,(H2,19,25)(H,20,22,26). The second-order valence-corrected chi connectivity index (χ2v) is 10.3. The third-order valence-corrected chi connectivity index (χ3v) is 7.90. The zero-order chi connectivity index (χ0) is 21.9. The predicted octanol–water partition coefficient (Wildman–Crippen LogP) is 1.36. The molecule has 0 spiro atoms. The quantitative estimate of drug-likeness (QED) is 0.617. The van der Waals surface area contributed by atoms with E-state index in [1.807, 2.05) is 0 Å². The van der Waals surface area contributed by atoms with Gasteiger partial charge in [-0.15, -0.1) is 10.2 Å². The lowest BCUT2D eigenvalue weighted by molar-refractivity contribution is -0.120. The molecule has 0 aromatic carbocycles. The first-order chi connectivity index (χ1) is 14.2. The Bertz CT molecular complexity index is 1020. The van der Waals surface area contributed by atoms with Crippen molar-refractivity contribution in [3.63, 3.8) is 0 Å². The second kappa shape index (κ2) is 9.23. The molecule has 0 unspecified atom stereocenters. The molecule has 0 saturated carbocycles. The maximum atomic E-state index is 12.9. The van der Waals surface area contributed by atoms with Crippen LogP contribution in [0.4, 0.5) is 5.13 Å². The third-order valence-electron chi connectivity index (χ3n) is 5.14. The van der Waals surface area contributed by atoms with E-state index in [-0.39, 0.29) is 35.5 Å². The molecule has 3 heterocycles. The monoisotopic (exact) mass is 454 g/mol. The van der Waals surface area contributed by atoms with Crippen LogP contribution in [0.5, 0.6) is 0 Å². The molecular weight excluding hydrogens is 428 g/mol. The first-order valence-corrected chi connectivity index (χ1v) is 12.1. The van der Waals surface area contributed by atoms with E-state index in [0.29, 0.717) is 18.0 Å². The van der Waals surface area contributed by atoms with Crippen LogP contribution >= 0.6 is 11.3 Å². The molecule has 1 saturated heterocycles. The highest BCUT2D eigenvalue weighted by atomic mass is 32.2. The average Bonchev–Trinajstić information content (AvgIpc) is 3.33. The van der Waals surface area contributed by atoms with Crippen molar-refractivity contribution in [3.8, 4) is 0 Å². The van der Waals surface area contributed by atoms with Crippen LogP contribution in [0.1, 0.15) is 48.1 Å². The molecule has 0 bridgehead atoms. The molecule has 0 radical (unpaired) electrons. The van der Waals surface area contributed by atoms with Gasteiger partial charge in [0.15, 0.2) is 0 Å². The van der Waals surface area contributed by atoms with Gasteiger partial charge in [0.1, 0.15) is 15.6 Å². The molecule has 1 fully saturated rings. The first kappa shape index (κ1) is 22.4. The summed E-state index contributed by atoms with van der Waals surface area (Å²) in [6.07, 6.45) is 5.12. The van der Waals surface area contributed by atoms with Gasteiger partial charge in [-0.2, -0.15) is 4.31 Å². The molecule has 10 nitrogen and oxygen atoms in total. The van der Waals surface area contributed by atoms with Crippen LogP contribution < -0.4 is 11.1 Å². The molecule has 2 aromatic rings. The number of amides is 2. The van der Waals surface area contributed by atoms with E-state index in [1.165, 1.54) is 32.5 Å². The number of unbranched alkanes of at least 4 members (excludes halogenated alkanes) is 1. The van der Waals surface area contributed by atoms with E-state index in [4.69, 9.17) is 5.73 Å². The molecule has 1 aliphatic heterocycles. The summed E-state index contributed by atoms with van der Waals surface area (Å²) in [4.78, 5) is 24.0. The lowest BCUT2D eigenvalue weighted by Gasteiger charge is -2.30. The Kier molecular flexibility index (Phi) is 6.88. The average molecular weight is 455 g/mol. The van der Waals surface area contributed by atoms with E-state index in [1.54, 1.807) is 7.05 Å². The molecule has 3 N–H and O–H groups in total. The summed E-state index contributed by atoms with van der Waals surface area (Å²) in [6, 6.07) is 1.28. The molecule has 1 aliphatic rings. The fraction of sp³-hybridized carbons (Fsp3) is 0.556. The molecule has 2 aromatic heterocycles. The zero-order valence-corrected chi connectivity index (χ0v) is 18.6. The SMILES string of the molecule is CCCCc1nnc(NC(=O)C2CCN(S(=O)(=O)c3cc(C(N)=O)n(C)c3)CC2)s1. The van der Waals surface area contributed by atoms with Gasteiger partial charge in [0.2, 0.25) is 21.1 Å². The lowest BCUT2D eigenvalue weighted by Crippen LogP contribution is -2.41. The van der Waals surface area contributed by atoms with Crippen LogP contribution in [0, 0.1) is 5.92 Å². The van der Waals surface area contributed by atoms with E-state index in [2.05, 4.69) is 22.4 Å². The highest BCUT2D eigenvalue weighted by Gasteiger charge is 2.33. The lowest BCUT2D eigenvalue weighted by atomic mass is 9.97. The molecule has 30 heavy (non-hydrogen) atoms. The molecule has 164 valence electrons. The van der Waals surface area contributed by atoms with Crippen molar-refractivity contribution in [2.75, 3.05) is 18.4 Å². The van der Waals surface area contributed by atoms with Gasteiger partial charge in [-0.25, -0.2) is 8.42 Å². The molecule has 3 rings (SSSR count). The van der Waals surface area contributed by atoms with Crippen molar-refractivity contribution >= 4 is 38.3 Å². The summed E-state index contributed by atoms with van der Waals surface area (Å²) in [5.74, 6) is -1.15. The summed E-state index contributed by atoms with van der Waals surface area (Å²) in [7, 11) is -2.19. The highest BCUT2D eigenvalue weighted by Crippen LogP contribution is 2.26. The molecule has 0 atom stereocenters. The van der Waals surface area contributed by atoms with E-state index in [0.717, 1.165) is 24.3 Å². The number of aromatic nitrogens is 3. The smallest absolute Gasteiger partial charge is 0.265 e. The summed E-state index contributed by atoms with van der Waals surface area (Å²) in [6.45, 7) is 2.54. The van der Waals surface area contributed by atoms with E-state index in [9.17, 15) is 18.0 Å². The number of carbonyl (C=O) groups is 2. The van der Waals surface area contributed by atoms with Crippen LogP contribution in [-0.2, 0) is 28.3 Å². The van der Waals surface area contributed by atoms with Gasteiger partial charge >= 0.3 is 0 Å². The fourth-order valence-electron chi connectivity index (χ4n) is 3.37. The first-order valence-electron chi connectivity index (χ1n) is 9.82. The van der Waals surface area contributed by atoms with Gasteiger partial charge in [0.25, 0.3) is 5.91 Å². The third kappa shape index (κ3) is 4.87. The van der Waals surface area contributed by atoms with E-state index < -0.39 is 15.9 Å². The number of anilines is 1. The van der Waals surface area contributed by atoms with Gasteiger partial charge in [0.05, 0.1) is 0 Å². The number of rotatable bonds is 8. The number of nitrogens with one attached hydrogen (secondary N) is 1. The fourth-order valence-corrected chi connectivity index (χ4v) is 5.69. The van der Waals surface area contributed by atoms with Crippen LogP contribution in [0.25, 0.3) is 0 Å². The predicted molar refractivity (Wildman–Crippen MR) is 113 cm³/mol. The number of piperidine rings is 1. The molecule has 0 aliphatic carbocycles. The number of sulfonamides is 1. The number of nitrogens with two attached hydrogens (primary N) is 1. The van der Waals surface area contributed by atoms with Crippen LogP contribution in [-0.4, -0.2) is 52.4 Å². The zero-order valence-electron chi connectivity index (χ0n) is 17.0. The molecule has 12 heteroatoms. The minimum absolute atomic E-state index is 0.0233. The van der Waals surface area contributed by atoms with Crippen LogP contribution in [0.15, 0.2) is 17.2 Å². The van der Waals surface area contributed by atoms with Crippen molar-refractivity contribution in [3.05, 3.63) is 23.0 Å². The summed E-state index contributed by atoms with van der Waals surface area (Å²) in [5.41, 5.74) is 5.39. The van der Waals surface area contributed by atoms with Crippen LogP contribution in [0.2, 0.25) is 0 Å². The van der Waals surface area contributed by atoms with Crippen molar-refractivity contribution in [2.24, 2.45) is 18.7 Å². The van der Waals surface area contributed by atoms with Gasteiger partial charge < -0.3 is 15.6 Å². The number of primary amides is 1. The largest absolute Gasteiger partial charge is 0.364 e. The second-order valence-electron chi connectivity index (χ2n) is 7.31. The van der Waals surface area contributed by atoms with Gasteiger partial charge in [-0.3, -0.25) is 9.59 Å². The molecule has 2 amide bonds. The summed E-state index contributed by atoms with van der Waals surface area (Å²) in [5, 5.41) is 12.3. The maximum absolute atomic E-state index is 12.9. The number of hydrogen-bond donors (Lipinski definition) is 2. The van der Waals surface area contributed by atoms with Gasteiger partial charge in [-0.1, -0.05) is 24.7 Å². The number of aryl methyl sites for hydroxylation is 2.